The van der Waals surface area contributed by atoms with Crippen molar-refractivity contribution >= 4 is 5.78 Å². The lowest BCUT2D eigenvalue weighted by Gasteiger charge is -2.35. The van der Waals surface area contributed by atoms with Gasteiger partial charge in [-0.2, -0.15) is 0 Å². The molecule has 0 aliphatic carbocycles. The smallest absolute Gasteiger partial charge is 0.180 e. The minimum Gasteiger partial charge on any atom is -0.488 e. The van der Waals surface area contributed by atoms with Gasteiger partial charge in [-0.1, -0.05) is 36.4 Å². The van der Waals surface area contributed by atoms with Crippen molar-refractivity contribution in [2.24, 2.45) is 0 Å². The number of ether oxygens (including phenoxy) is 2. The predicted octanol–water partition coefficient (Wildman–Crippen LogP) is 4.40. The molecule has 0 fully saturated rings. The van der Waals surface area contributed by atoms with E-state index in [1.54, 1.807) is 0 Å². The minimum absolute atomic E-state index is 0.0734. The fraction of sp³-hybridized carbons (Fsp3) is 0.350. The lowest BCUT2D eigenvalue weighted by molar-refractivity contribution is 0.0761. The monoisotopic (exact) mass is 310 g/mol. The summed E-state index contributed by atoms with van der Waals surface area (Å²) in [5.74, 6) is 1.25. The fourth-order valence-electron chi connectivity index (χ4n) is 2.85. The maximum absolute atomic E-state index is 13.1. The van der Waals surface area contributed by atoms with Gasteiger partial charge in [0.15, 0.2) is 17.3 Å². The Labute approximate surface area is 137 Å². The standard InChI is InChI=1S/C20H22O3/c1-19(2,3)23-16-12-8-11-15-17(16)22-13-20(4,18(15)21)14-9-6-5-7-10-14/h5-12H,13H2,1-4H3/t20-/m1/s1. The van der Waals surface area contributed by atoms with Gasteiger partial charge in [-0.25, -0.2) is 0 Å². The number of Topliss-reactive ketones (excluding diaryl/α,β-unsaturated/α-hetero) is 1. The van der Waals surface area contributed by atoms with Gasteiger partial charge >= 0.3 is 0 Å². The highest BCUT2D eigenvalue weighted by Crippen LogP contribution is 2.42. The van der Waals surface area contributed by atoms with E-state index in [2.05, 4.69) is 0 Å². The van der Waals surface area contributed by atoms with Crippen LogP contribution >= 0.6 is 0 Å². The summed E-state index contributed by atoms with van der Waals surface area (Å²) in [5.41, 5.74) is 0.540. The third-order valence-corrected chi connectivity index (χ3v) is 4.06. The number of hydrogen-bond acceptors (Lipinski definition) is 3. The van der Waals surface area contributed by atoms with E-state index in [1.807, 2.05) is 76.2 Å². The zero-order valence-corrected chi connectivity index (χ0v) is 14.1. The molecule has 0 N–H and O–H groups in total. The first-order valence-electron chi connectivity index (χ1n) is 7.86. The molecule has 3 rings (SSSR count). The molecule has 0 saturated heterocycles. The molecule has 0 radical (unpaired) electrons. The van der Waals surface area contributed by atoms with Crippen LogP contribution in [0.25, 0.3) is 0 Å². The summed E-state index contributed by atoms with van der Waals surface area (Å²) in [4.78, 5) is 13.1. The van der Waals surface area contributed by atoms with Crippen molar-refractivity contribution in [3.05, 3.63) is 59.7 Å². The molecule has 1 heterocycles. The van der Waals surface area contributed by atoms with Crippen LogP contribution in [0.4, 0.5) is 0 Å². The molecule has 1 aliphatic rings. The molecule has 0 amide bonds. The lowest BCUT2D eigenvalue weighted by atomic mass is 9.75. The highest BCUT2D eigenvalue weighted by Gasteiger charge is 2.42. The molecule has 120 valence electrons. The summed E-state index contributed by atoms with van der Waals surface area (Å²) in [7, 11) is 0. The van der Waals surface area contributed by atoms with Gasteiger partial charge in [-0.3, -0.25) is 4.79 Å². The molecular formula is C20H22O3. The minimum atomic E-state index is -0.672. The van der Waals surface area contributed by atoms with E-state index >= 15 is 0 Å². The summed E-state index contributed by atoms with van der Waals surface area (Å²) < 4.78 is 11.9. The van der Waals surface area contributed by atoms with E-state index in [-0.39, 0.29) is 11.4 Å². The number of hydrogen-bond donors (Lipinski definition) is 0. The second-order valence-electron chi connectivity index (χ2n) is 7.16. The molecule has 0 spiro atoms. The van der Waals surface area contributed by atoms with Crippen molar-refractivity contribution in [1.82, 2.24) is 0 Å². The molecule has 1 atom stereocenters. The molecule has 2 aromatic carbocycles. The topological polar surface area (TPSA) is 35.5 Å². The van der Waals surface area contributed by atoms with Gasteiger partial charge in [-0.15, -0.1) is 0 Å². The highest BCUT2D eigenvalue weighted by atomic mass is 16.5. The van der Waals surface area contributed by atoms with Gasteiger partial charge < -0.3 is 9.47 Å². The molecule has 3 heteroatoms. The van der Waals surface area contributed by atoms with Crippen LogP contribution in [0.1, 0.15) is 43.6 Å². The van der Waals surface area contributed by atoms with Gasteiger partial charge in [0, 0.05) is 0 Å². The molecule has 0 aromatic heterocycles. The van der Waals surface area contributed by atoms with Crippen LogP contribution in [-0.2, 0) is 5.41 Å². The maximum Gasteiger partial charge on any atom is 0.180 e. The molecule has 23 heavy (non-hydrogen) atoms. The van der Waals surface area contributed by atoms with Crippen LogP contribution in [0.15, 0.2) is 48.5 Å². The van der Waals surface area contributed by atoms with Crippen LogP contribution in [-0.4, -0.2) is 18.0 Å². The Hall–Kier alpha value is -2.29. The number of benzene rings is 2. The zero-order valence-electron chi connectivity index (χ0n) is 14.1. The van der Waals surface area contributed by atoms with Crippen molar-refractivity contribution in [1.29, 1.82) is 0 Å². The average Bonchev–Trinajstić information content (AvgIpc) is 2.51. The Morgan fingerprint density at radius 1 is 1.04 bits per heavy atom. The summed E-state index contributed by atoms with van der Waals surface area (Å²) >= 11 is 0. The lowest BCUT2D eigenvalue weighted by Crippen LogP contribution is -2.42. The SMILES string of the molecule is CC(C)(C)Oc1cccc2c1OC[C@](C)(c1ccccc1)C2=O. The molecule has 1 aliphatic heterocycles. The van der Waals surface area contributed by atoms with Crippen LogP contribution < -0.4 is 9.47 Å². The van der Waals surface area contributed by atoms with E-state index in [1.165, 1.54) is 0 Å². The predicted molar refractivity (Wildman–Crippen MR) is 90.4 cm³/mol. The average molecular weight is 310 g/mol. The van der Waals surface area contributed by atoms with Gasteiger partial charge in [0.25, 0.3) is 0 Å². The summed E-state index contributed by atoms with van der Waals surface area (Å²) in [6.07, 6.45) is 0. The Balaban J connectivity index is 2.03. The van der Waals surface area contributed by atoms with E-state index in [4.69, 9.17) is 9.47 Å². The third kappa shape index (κ3) is 2.83. The molecular weight excluding hydrogens is 288 g/mol. The molecule has 2 aromatic rings. The fourth-order valence-corrected chi connectivity index (χ4v) is 2.85. The largest absolute Gasteiger partial charge is 0.488 e. The second kappa shape index (κ2) is 5.41. The first-order chi connectivity index (χ1) is 10.8. The van der Waals surface area contributed by atoms with Crippen LogP contribution in [0.2, 0.25) is 0 Å². The van der Waals surface area contributed by atoms with Gasteiger partial charge in [-0.05, 0) is 45.4 Å². The maximum atomic E-state index is 13.1. The van der Waals surface area contributed by atoms with Crippen molar-refractivity contribution in [3.8, 4) is 11.5 Å². The number of carbonyl (C=O) groups is 1. The van der Waals surface area contributed by atoms with Crippen molar-refractivity contribution in [2.45, 2.75) is 38.7 Å². The quantitative estimate of drug-likeness (QED) is 0.825. The summed E-state index contributed by atoms with van der Waals surface area (Å²) in [6.45, 7) is 8.18. The van der Waals surface area contributed by atoms with Crippen LogP contribution in [0.5, 0.6) is 11.5 Å². The van der Waals surface area contributed by atoms with E-state index in [0.717, 1.165) is 5.56 Å². The molecule has 0 unspecified atom stereocenters. The van der Waals surface area contributed by atoms with E-state index in [0.29, 0.717) is 23.7 Å². The third-order valence-electron chi connectivity index (χ3n) is 4.06. The molecule has 0 saturated carbocycles. The van der Waals surface area contributed by atoms with Crippen LogP contribution in [0.3, 0.4) is 0 Å². The first kappa shape index (κ1) is 15.6. The van der Waals surface area contributed by atoms with Crippen LogP contribution in [0, 0.1) is 0 Å². The molecule has 0 bridgehead atoms. The van der Waals surface area contributed by atoms with Crippen molar-refractivity contribution in [3.63, 3.8) is 0 Å². The number of fused-ring (bicyclic) bond motifs is 1. The highest BCUT2D eigenvalue weighted by molar-refractivity contribution is 6.07. The van der Waals surface area contributed by atoms with Gasteiger partial charge in [0.2, 0.25) is 0 Å². The van der Waals surface area contributed by atoms with Gasteiger partial charge in [0.1, 0.15) is 12.2 Å². The second-order valence-corrected chi connectivity index (χ2v) is 7.16. The first-order valence-corrected chi connectivity index (χ1v) is 7.86. The van der Waals surface area contributed by atoms with Crippen molar-refractivity contribution < 1.29 is 14.3 Å². The zero-order chi connectivity index (χ0) is 16.7. The summed E-state index contributed by atoms with van der Waals surface area (Å²) in [5, 5.41) is 0. The van der Waals surface area contributed by atoms with Crippen molar-refractivity contribution in [2.75, 3.05) is 6.61 Å². The number of ketones is 1. The number of para-hydroxylation sites is 1. The number of rotatable bonds is 2. The Kier molecular flexibility index (Phi) is 3.67. The molecule has 3 nitrogen and oxygen atoms in total. The summed E-state index contributed by atoms with van der Waals surface area (Å²) in [6, 6.07) is 15.3. The Morgan fingerprint density at radius 3 is 2.39 bits per heavy atom. The van der Waals surface area contributed by atoms with Gasteiger partial charge in [0.05, 0.1) is 11.0 Å². The Morgan fingerprint density at radius 2 is 1.74 bits per heavy atom. The Bertz CT molecular complexity index is 728. The van der Waals surface area contributed by atoms with E-state index < -0.39 is 5.41 Å². The normalized spacial score (nSPS) is 20.6. The number of carbonyl (C=O) groups excluding carboxylic acids is 1. The van der Waals surface area contributed by atoms with E-state index in [9.17, 15) is 4.79 Å².